The van der Waals surface area contributed by atoms with E-state index in [2.05, 4.69) is 5.18 Å². The zero-order valence-electron chi connectivity index (χ0n) is 15.1. The van der Waals surface area contributed by atoms with Gasteiger partial charge >= 0.3 is 0 Å². The maximum Gasteiger partial charge on any atom is 0.254 e. The van der Waals surface area contributed by atoms with Crippen molar-refractivity contribution in [1.29, 1.82) is 0 Å². The van der Waals surface area contributed by atoms with E-state index in [9.17, 15) is 19.2 Å². The second kappa shape index (κ2) is 8.26. The van der Waals surface area contributed by atoms with Gasteiger partial charge in [0, 0.05) is 37.2 Å². The van der Waals surface area contributed by atoms with Gasteiger partial charge < -0.3 is 14.7 Å². The third-order valence-electron chi connectivity index (χ3n) is 4.88. The van der Waals surface area contributed by atoms with Crippen LogP contribution in [0.15, 0.2) is 35.5 Å². The SMILES string of the molecule is COc1cc2c(c(N=O)c1CCO)CCN(CCc1ccc(F)cc1)C2=O. The molecule has 0 saturated carbocycles. The van der Waals surface area contributed by atoms with E-state index in [-0.39, 0.29) is 30.4 Å². The van der Waals surface area contributed by atoms with Crippen LogP contribution in [-0.2, 0) is 19.3 Å². The van der Waals surface area contributed by atoms with Crippen LogP contribution in [-0.4, -0.2) is 42.7 Å². The van der Waals surface area contributed by atoms with Crippen LogP contribution in [0.2, 0.25) is 0 Å². The summed E-state index contributed by atoms with van der Waals surface area (Å²) in [4.78, 5) is 26.1. The summed E-state index contributed by atoms with van der Waals surface area (Å²) in [6.45, 7) is 0.824. The molecule has 6 nitrogen and oxygen atoms in total. The Hall–Kier alpha value is -2.80. The van der Waals surface area contributed by atoms with Gasteiger partial charge in [-0.1, -0.05) is 12.1 Å². The predicted octanol–water partition coefficient (Wildman–Crippen LogP) is 3.01. The Balaban J connectivity index is 1.85. The minimum atomic E-state index is -0.290. The molecule has 1 heterocycles. The van der Waals surface area contributed by atoms with Gasteiger partial charge in [0.15, 0.2) is 0 Å². The molecular weight excluding hydrogens is 351 g/mol. The van der Waals surface area contributed by atoms with E-state index in [1.54, 1.807) is 23.1 Å². The summed E-state index contributed by atoms with van der Waals surface area (Å²) in [7, 11) is 1.46. The molecule has 0 aliphatic carbocycles. The number of aliphatic hydroxyl groups excluding tert-OH is 1. The highest BCUT2D eigenvalue weighted by atomic mass is 19.1. The molecule has 0 unspecified atom stereocenters. The highest BCUT2D eigenvalue weighted by Crippen LogP contribution is 2.38. The van der Waals surface area contributed by atoms with Crippen molar-refractivity contribution < 1.29 is 19.0 Å². The van der Waals surface area contributed by atoms with Gasteiger partial charge in [0.25, 0.3) is 5.91 Å². The van der Waals surface area contributed by atoms with Gasteiger partial charge in [-0.2, -0.15) is 0 Å². The number of fused-ring (bicyclic) bond motifs is 1. The fraction of sp³-hybridized carbons (Fsp3) is 0.350. The molecule has 0 radical (unpaired) electrons. The van der Waals surface area contributed by atoms with Crippen molar-refractivity contribution in [2.45, 2.75) is 19.3 Å². The van der Waals surface area contributed by atoms with E-state index in [4.69, 9.17) is 4.74 Å². The van der Waals surface area contributed by atoms with Gasteiger partial charge in [-0.05, 0) is 47.3 Å². The molecule has 0 fully saturated rings. The lowest BCUT2D eigenvalue weighted by Crippen LogP contribution is -2.39. The predicted molar refractivity (Wildman–Crippen MR) is 99.0 cm³/mol. The highest BCUT2D eigenvalue weighted by Gasteiger charge is 2.30. The van der Waals surface area contributed by atoms with E-state index >= 15 is 0 Å². The third kappa shape index (κ3) is 3.83. The van der Waals surface area contributed by atoms with Gasteiger partial charge in [0.1, 0.15) is 17.3 Å². The number of hydrogen-bond acceptors (Lipinski definition) is 5. The summed E-state index contributed by atoms with van der Waals surface area (Å²) < 4.78 is 18.3. The lowest BCUT2D eigenvalue weighted by atomic mass is 9.92. The van der Waals surface area contributed by atoms with E-state index in [1.165, 1.54) is 19.2 Å². The Morgan fingerprint density at radius 3 is 2.63 bits per heavy atom. The van der Waals surface area contributed by atoms with Crippen LogP contribution in [0.25, 0.3) is 0 Å². The molecule has 0 aromatic heterocycles. The molecule has 1 aliphatic rings. The Bertz CT molecular complexity index is 852. The van der Waals surface area contributed by atoms with E-state index in [1.807, 2.05) is 0 Å². The van der Waals surface area contributed by atoms with Crippen molar-refractivity contribution in [2.24, 2.45) is 5.18 Å². The number of methoxy groups -OCH3 is 1. The molecule has 0 saturated heterocycles. The number of aliphatic hydroxyl groups is 1. The first-order valence-electron chi connectivity index (χ1n) is 8.79. The summed E-state index contributed by atoms with van der Waals surface area (Å²) in [6.07, 6.45) is 1.36. The monoisotopic (exact) mass is 372 g/mol. The van der Waals surface area contributed by atoms with Gasteiger partial charge in [0.05, 0.1) is 7.11 Å². The molecule has 2 aromatic carbocycles. The van der Waals surface area contributed by atoms with E-state index < -0.39 is 0 Å². The second-order valence-electron chi connectivity index (χ2n) is 6.42. The minimum Gasteiger partial charge on any atom is -0.496 e. The lowest BCUT2D eigenvalue weighted by Gasteiger charge is -2.30. The number of rotatable bonds is 7. The number of carbonyl (C=O) groups is 1. The first-order chi connectivity index (χ1) is 13.1. The molecule has 0 spiro atoms. The molecule has 142 valence electrons. The van der Waals surface area contributed by atoms with Crippen LogP contribution in [0, 0.1) is 10.7 Å². The molecule has 1 aliphatic heterocycles. The molecule has 0 bridgehead atoms. The average molecular weight is 372 g/mol. The maximum absolute atomic E-state index is 13.0. The Labute approximate surface area is 156 Å². The third-order valence-corrected chi connectivity index (χ3v) is 4.88. The Morgan fingerprint density at radius 1 is 1.26 bits per heavy atom. The van der Waals surface area contributed by atoms with Crippen LogP contribution in [0.4, 0.5) is 10.1 Å². The number of hydrogen-bond donors (Lipinski definition) is 1. The standard InChI is InChI=1S/C20H21FN2O4/c1-27-18-12-17-15(19(22-26)16(18)8-11-24)7-10-23(20(17)25)9-6-13-2-4-14(21)5-3-13/h2-5,12,24H,6-11H2,1H3. The molecule has 0 atom stereocenters. The smallest absolute Gasteiger partial charge is 0.254 e. The number of nitroso groups, excluding NO2 is 1. The molecule has 7 heteroatoms. The number of benzene rings is 2. The second-order valence-corrected chi connectivity index (χ2v) is 6.42. The molecule has 1 amide bonds. The summed E-state index contributed by atoms with van der Waals surface area (Å²) in [6, 6.07) is 7.84. The van der Waals surface area contributed by atoms with Gasteiger partial charge in [0.2, 0.25) is 0 Å². The Kier molecular flexibility index (Phi) is 5.81. The number of nitrogens with zero attached hydrogens (tertiary/aromatic N) is 2. The van der Waals surface area contributed by atoms with Gasteiger partial charge in [-0.3, -0.25) is 4.79 Å². The van der Waals surface area contributed by atoms with Crippen LogP contribution >= 0.6 is 0 Å². The molecule has 2 aromatic rings. The summed E-state index contributed by atoms with van der Waals surface area (Å²) >= 11 is 0. The van der Waals surface area contributed by atoms with Crippen molar-refractivity contribution >= 4 is 11.6 Å². The van der Waals surface area contributed by atoms with Crippen molar-refractivity contribution in [2.75, 3.05) is 26.8 Å². The van der Waals surface area contributed by atoms with Crippen LogP contribution in [0.5, 0.6) is 5.75 Å². The van der Waals surface area contributed by atoms with Crippen LogP contribution < -0.4 is 4.74 Å². The number of halogens is 1. The van der Waals surface area contributed by atoms with E-state index in [0.29, 0.717) is 48.4 Å². The van der Waals surface area contributed by atoms with Gasteiger partial charge in [-0.25, -0.2) is 4.39 Å². The van der Waals surface area contributed by atoms with Crippen LogP contribution in [0.3, 0.4) is 0 Å². The zero-order chi connectivity index (χ0) is 19.4. The molecule has 27 heavy (non-hydrogen) atoms. The van der Waals surface area contributed by atoms with Crippen molar-refractivity contribution in [3.63, 3.8) is 0 Å². The number of ether oxygens (including phenoxy) is 1. The summed E-state index contributed by atoms with van der Waals surface area (Å²) in [5, 5.41) is 12.4. The van der Waals surface area contributed by atoms with Crippen molar-refractivity contribution in [3.05, 3.63) is 63.3 Å². The largest absolute Gasteiger partial charge is 0.496 e. The number of carbonyl (C=O) groups excluding carboxylic acids is 1. The molecule has 1 N–H and O–H groups in total. The topological polar surface area (TPSA) is 79.2 Å². The van der Waals surface area contributed by atoms with E-state index in [0.717, 1.165) is 5.56 Å². The zero-order valence-corrected chi connectivity index (χ0v) is 15.1. The molecular formula is C20H21FN2O4. The van der Waals surface area contributed by atoms with Crippen LogP contribution in [0.1, 0.15) is 27.0 Å². The summed E-state index contributed by atoms with van der Waals surface area (Å²) in [5.41, 5.74) is 2.69. The summed E-state index contributed by atoms with van der Waals surface area (Å²) in [5.74, 6) is -0.0929. The maximum atomic E-state index is 13.0. The van der Waals surface area contributed by atoms with Gasteiger partial charge in [-0.15, -0.1) is 4.91 Å². The number of amides is 1. The quantitative estimate of drug-likeness (QED) is 0.758. The average Bonchev–Trinajstić information content (AvgIpc) is 2.68. The highest BCUT2D eigenvalue weighted by molar-refractivity contribution is 5.99. The first kappa shape index (κ1) is 19.0. The Morgan fingerprint density at radius 2 is 2.00 bits per heavy atom. The lowest BCUT2D eigenvalue weighted by molar-refractivity contribution is 0.0741. The van der Waals surface area contributed by atoms with Crippen molar-refractivity contribution in [3.8, 4) is 5.75 Å². The fourth-order valence-corrected chi connectivity index (χ4v) is 3.47. The minimum absolute atomic E-state index is 0.143. The van der Waals surface area contributed by atoms with Crippen molar-refractivity contribution in [1.82, 2.24) is 4.90 Å². The normalized spacial score (nSPS) is 13.4. The fourth-order valence-electron chi connectivity index (χ4n) is 3.47. The first-order valence-corrected chi connectivity index (χ1v) is 8.79. The molecule has 3 rings (SSSR count).